The molecule has 1 fully saturated rings. The van der Waals surface area contributed by atoms with Gasteiger partial charge in [0.15, 0.2) is 5.69 Å². The molecule has 1 aromatic heterocycles. The van der Waals surface area contributed by atoms with Gasteiger partial charge in [-0.05, 0) is 43.5 Å². The molecule has 1 aliphatic heterocycles. The van der Waals surface area contributed by atoms with E-state index in [1.54, 1.807) is 6.07 Å². The number of H-pyrrole nitrogens is 1. The number of halogens is 1. The Morgan fingerprint density at radius 3 is 3.09 bits per heavy atom. The molecule has 22 heavy (non-hydrogen) atoms. The van der Waals surface area contributed by atoms with Crippen LogP contribution in [0.2, 0.25) is 0 Å². The van der Waals surface area contributed by atoms with E-state index in [-0.39, 0.29) is 23.5 Å². The molecule has 1 atom stereocenters. The van der Waals surface area contributed by atoms with Crippen LogP contribution in [0.15, 0.2) is 24.4 Å². The summed E-state index contributed by atoms with van der Waals surface area (Å²) in [6.07, 6.45) is 3.29. The SMILES string of the molecule is Cc1cc(F)ccc1N1CCC[C@@H](NC(=O)c2cn[nH]n2)C1. The van der Waals surface area contributed by atoms with E-state index >= 15 is 0 Å². The molecular formula is C15H18FN5O. The fourth-order valence-corrected chi connectivity index (χ4v) is 2.86. The zero-order chi connectivity index (χ0) is 15.5. The van der Waals surface area contributed by atoms with Crippen LogP contribution in [-0.4, -0.2) is 40.4 Å². The number of aromatic amines is 1. The number of piperidine rings is 1. The van der Waals surface area contributed by atoms with Crippen molar-refractivity contribution in [3.63, 3.8) is 0 Å². The van der Waals surface area contributed by atoms with E-state index in [4.69, 9.17) is 0 Å². The van der Waals surface area contributed by atoms with Crippen LogP contribution in [0.25, 0.3) is 0 Å². The summed E-state index contributed by atoms with van der Waals surface area (Å²) in [7, 11) is 0. The molecule has 1 aromatic carbocycles. The monoisotopic (exact) mass is 303 g/mol. The molecule has 2 heterocycles. The van der Waals surface area contributed by atoms with Crippen LogP contribution in [-0.2, 0) is 0 Å². The minimum Gasteiger partial charge on any atom is -0.369 e. The first-order chi connectivity index (χ1) is 10.6. The molecule has 1 saturated heterocycles. The van der Waals surface area contributed by atoms with Crippen LogP contribution in [0.4, 0.5) is 10.1 Å². The van der Waals surface area contributed by atoms with Gasteiger partial charge in [0.05, 0.1) is 6.20 Å². The van der Waals surface area contributed by atoms with Crippen molar-refractivity contribution < 1.29 is 9.18 Å². The summed E-state index contributed by atoms with van der Waals surface area (Å²) >= 11 is 0. The van der Waals surface area contributed by atoms with Gasteiger partial charge in [0, 0.05) is 24.8 Å². The number of nitrogens with zero attached hydrogens (tertiary/aromatic N) is 3. The van der Waals surface area contributed by atoms with Gasteiger partial charge in [-0.2, -0.15) is 15.4 Å². The number of aromatic nitrogens is 3. The van der Waals surface area contributed by atoms with Gasteiger partial charge in [0.1, 0.15) is 5.82 Å². The number of anilines is 1. The molecule has 1 aliphatic rings. The average Bonchev–Trinajstić information content (AvgIpc) is 3.02. The van der Waals surface area contributed by atoms with Crippen molar-refractivity contribution in [2.24, 2.45) is 0 Å². The lowest BCUT2D eigenvalue weighted by atomic mass is 10.0. The van der Waals surface area contributed by atoms with Gasteiger partial charge in [-0.15, -0.1) is 0 Å². The van der Waals surface area contributed by atoms with E-state index in [9.17, 15) is 9.18 Å². The van der Waals surface area contributed by atoms with Gasteiger partial charge >= 0.3 is 0 Å². The van der Waals surface area contributed by atoms with Gasteiger partial charge < -0.3 is 10.2 Å². The minimum absolute atomic E-state index is 0.0439. The summed E-state index contributed by atoms with van der Waals surface area (Å²) in [5.41, 5.74) is 2.21. The number of carbonyl (C=O) groups excluding carboxylic acids is 1. The van der Waals surface area contributed by atoms with Gasteiger partial charge in [-0.3, -0.25) is 4.79 Å². The molecular weight excluding hydrogens is 285 g/mol. The number of aryl methyl sites for hydroxylation is 1. The van der Waals surface area contributed by atoms with Crippen molar-refractivity contribution in [1.29, 1.82) is 0 Å². The zero-order valence-corrected chi connectivity index (χ0v) is 12.3. The highest BCUT2D eigenvalue weighted by Gasteiger charge is 2.23. The van der Waals surface area contributed by atoms with Crippen molar-refractivity contribution in [1.82, 2.24) is 20.7 Å². The van der Waals surface area contributed by atoms with E-state index in [2.05, 4.69) is 25.6 Å². The summed E-state index contributed by atoms with van der Waals surface area (Å²) in [6.45, 7) is 3.51. The summed E-state index contributed by atoms with van der Waals surface area (Å²) < 4.78 is 13.2. The number of hydrogen-bond acceptors (Lipinski definition) is 4. The molecule has 1 amide bonds. The number of carbonyl (C=O) groups is 1. The molecule has 0 saturated carbocycles. The highest BCUT2D eigenvalue weighted by molar-refractivity contribution is 5.92. The summed E-state index contributed by atoms with van der Waals surface area (Å²) in [4.78, 5) is 14.2. The Labute approximate surface area is 127 Å². The first-order valence-electron chi connectivity index (χ1n) is 7.31. The fraction of sp³-hybridized carbons (Fsp3) is 0.400. The Hall–Kier alpha value is -2.44. The quantitative estimate of drug-likeness (QED) is 0.904. The second-order valence-electron chi connectivity index (χ2n) is 5.54. The predicted molar refractivity (Wildman–Crippen MR) is 80.2 cm³/mol. The van der Waals surface area contributed by atoms with Crippen LogP contribution >= 0.6 is 0 Å². The van der Waals surface area contributed by atoms with Crippen LogP contribution in [0.1, 0.15) is 28.9 Å². The largest absolute Gasteiger partial charge is 0.369 e. The Morgan fingerprint density at radius 2 is 2.36 bits per heavy atom. The van der Waals surface area contributed by atoms with Gasteiger partial charge in [0.25, 0.3) is 5.91 Å². The number of amides is 1. The molecule has 2 N–H and O–H groups in total. The Morgan fingerprint density at radius 1 is 1.50 bits per heavy atom. The zero-order valence-electron chi connectivity index (χ0n) is 12.3. The number of benzene rings is 1. The smallest absolute Gasteiger partial charge is 0.273 e. The highest BCUT2D eigenvalue weighted by atomic mass is 19.1. The molecule has 116 valence electrons. The maximum absolute atomic E-state index is 13.2. The van der Waals surface area contributed by atoms with Gasteiger partial charge in [-0.25, -0.2) is 4.39 Å². The molecule has 2 aromatic rings. The number of hydrogen-bond donors (Lipinski definition) is 2. The fourth-order valence-electron chi connectivity index (χ4n) is 2.86. The molecule has 0 unspecified atom stereocenters. The van der Waals surface area contributed by atoms with Crippen LogP contribution in [0, 0.1) is 12.7 Å². The van der Waals surface area contributed by atoms with E-state index in [0.717, 1.165) is 30.6 Å². The summed E-state index contributed by atoms with van der Waals surface area (Å²) in [6, 6.07) is 4.85. The van der Waals surface area contributed by atoms with Crippen molar-refractivity contribution in [3.05, 3.63) is 41.5 Å². The lowest BCUT2D eigenvalue weighted by molar-refractivity contribution is 0.0928. The third-order valence-corrected chi connectivity index (χ3v) is 3.90. The lowest BCUT2D eigenvalue weighted by Crippen LogP contribution is -2.48. The van der Waals surface area contributed by atoms with E-state index in [1.807, 2.05) is 6.92 Å². The third kappa shape index (κ3) is 3.08. The normalized spacial score (nSPS) is 18.3. The third-order valence-electron chi connectivity index (χ3n) is 3.90. The van der Waals surface area contributed by atoms with Crippen LogP contribution in [0.5, 0.6) is 0 Å². The van der Waals surface area contributed by atoms with E-state index in [0.29, 0.717) is 6.54 Å². The molecule has 0 bridgehead atoms. The van der Waals surface area contributed by atoms with Crippen molar-refractivity contribution >= 4 is 11.6 Å². The molecule has 0 radical (unpaired) electrons. The first-order valence-corrected chi connectivity index (χ1v) is 7.31. The van der Waals surface area contributed by atoms with Gasteiger partial charge in [-0.1, -0.05) is 0 Å². The second-order valence-corrected chi connectivity index (χ2v) is 5.54. The maximum atomic E-state index is 13.2. The number of nitrogens with one attached hydrogen (secondary N) is 2. The Kier molecular flexibility index (Phi) is 4.04. The number of rotatable bonds is 3. The average molecular weight is 303 g/mol. The van der Waals surface area contributed by atoms with Crippen LogP contribution < -0.4 is 10.2 Å². The van der Waals surface area contributed by atoms with Crippen molar-refractivity contribution in [3.8, 4) is 0 Å². The first kappa shape index (κ1) is 14.5. The summed E-state index contributed by atoms with van der Waals surface area (Å²) in [5, 5.41) is 12.8. The van der Waals surface area contributed by atoms with Gasteiger partial charge in [0.2, 0.25) is 0 Å². The Bertz CT molecular complexity index is 658. The lowest BCUT2D eigenvalue weighted by Gasteiger charge is -2.35. The standard InChI is InChI=1S/C15H18FN5O/c1-10-7-11(16)4-5-14(10)21-6-2-3-12(9-21)18-15(22)13-8-17-20-19-13/h4-5,7-8,12H,2-3,6,9H2,1H3,(H,18,22)(H,17,19,20)/t12-/m1/s1. The molecule has 0 spiro atoms. The highest BCUT2D eigenvalue weighted by Crippen LogP contribution is 2.24. The molecule has 7 heteroatoms. The Balaban J connectivity index is 1.67. The van der Waals surface area contributed by atoms with Crippen LogP contribution in [0.3, 0.4) is 0 Å². The van der Waals surface area contributed by atoms with Crippen molar-refractivity contribution in [2.75, 3.05) is 18.0 Å². The summed E-state index contributed by atoms with van der Waals surface area (Å²) in [5.74, 6) is -0.453. The minimum atomic E-state index is -0.228. The predicted octanol–water partition coefficient (Wildman–Crippen LogP) is 1.65. The molecule has 3 rings (SSSR count). The molecule has 0 aliphatic carbocycles. The topological polar surface area (TPSA) is 73.9 Å². The molecule has 6 nitrogen and oxygen atoms in total. The van der Waals surface area contributed by atoms with E-state index in [1.165, 1.54) is 18.3 Å². The maximum Gasteiger partial charge on any atom is 0.273 e. The van der Waals surface area contributed by atoms with E-state index < -0.39 is 0 Å². The second kappa shape index (κ2) is 6.13. The van der Waals surface area contributed by atoms with Crippen molar-refractivity contribution in [2.45, 2.75) is 25.8 Å².